The first-order valence-electron chi connectivity index (χ1n) is 10.7. The summed E-state index contributed by atoms with van der Waals surface area (Å²) in [6, 6.07) is 13.7. The molecule has 2 aromatic carbocycles. The van der Waals surface area contributed by atoms with E-state index < -0.39 is 28.5 Å². The summed E-state index contributed by atoms with van der Waals surface area (Å²) in [7, 11) is -3.51. The first kappa shape index (κ1) is 23.7. The van der Waals surface area contributed by atoms with Crippen molar-refractivity contribution in [1.29, 1.82) is 0 Å². The van der Waals surface area contributed by atoms with Crippen molar-refractivity contribution in [2.75, 3.05) is 25.0 Å². The third-order valence-corrected chi connectivity index (χ3v) is 7.05. The minimum Gasteiger partial charge on any atom is -0.452 e. The van der Waals surface area contributed by atoms with Gasteiger partial charge in [-0.1, -0.05) is 37.1 Å². The molecule has 0 atom stereocenters. The van der Waals surface area contributed by atoms with E-state index in [1.54, 1.807) is 34.6 Å². The highest BCUT2D eigenvalue weighted by atomic mass is 32.2. The van der Waals surface area contributed by atoms with Crippen LogP contribution in [0, 0.1) is 6.92 Å². The monoisotopic (exact) mass is 456 g/mol. The van der Waals surface area contributed by atoms with E-state index in [-0.39, 0.29) is 4.90 Å². The molecule has 1 saturated heterocycles. The highest BCUT2D eigenvalue weighted by molar-refractivity contribution is 7.89. The van der Waals surface area contributed by atoms with Gasteiger partial charge in [0, 0.05) is 24.9 Å². The molecule has 1 fully saturated rings. The van der Waals surface area contributed by atoms with Crippen LogP contribution < -0.4 is 5.32 Å². The number of hydrogen-bond donors (Lipinski definition) is 1. The molecule has 1 N–H and O–H groups in total. The molecule has 32 heavy (non-hydrogen) atoms. The molecule has 170 valence electrons. The Bertz CT molecular complexity index is 1070. The number of nitrogens with one attached hydrogen (secondary N) is 1. The molecule has 2 aromatic rings. The Morgan fingerprint density at radius 3 is 2.38 bits per heavy atom. The lowest BCUT2D eigenvalue weighted by molar-refractivity contribution is -0.142. The molecule has 0 unspecified atom stereocenters. The van der Waals surface area contributed by atoms with Gasteiger partial charge in [-0.05, 0) is 61.2 Å². The molecule has 3 rings (SSSR count). The van der Waals surface area contributed by atoms with E-state index in [0.717, 1.165) is 31.2 Å². The number of hydrogen-bond acceptors (Lipinski definition) is 5. The summed E-state index contributed by atoms with van der Waals surface area (Å²) < 4.78 is 32.1. The van der Waals surface area contributed by atoms with E-state index in [9.17, 15) is 18.0 Å². The van der Waals surface area contributed by atoms with Gasteiger partial charge in [0.05, 0.1) is 4.90 Å². The Balaban J connectivity index is 1.51. The molecular formula is C24H28N2O5S. The van der Waals surface area contributed by atoms with Gasteiger partial charge >= 0.3 is 5.97 Å². The zero-order chi connectivity index (χ0) is 23.0. The van der Waals surface area contributed by atoms with E-state index in [1.165, 1.54) is 12.2 Å². The lowest BCUT2D eigenvalue weighted by Gasteiger charge is -2.19. The van der Waals surface area contributed by atoms with Gasteiger partial charge in [-0.25, -0.2) is 13.2 Å². The fourth-order valence-electron chi connectivity index (χ4n) is 3.45. The maximum absolute atomic E-state index is 12.8. The molecular weight excluding hydrogens is 428 g/mol. The largest absolute Gasteiger partial charge is 0.452 e. The highest BCUT2D eigenvalue weighted by Crippen LogP contribution is 2.21. The molecule has 1 heterocycles. The molecule has 0 bridgehead atoms. The van der Waals surface area contributed by atoms with E-state index in [0.29, 0.717) is 24.3 Å². The smallest absolute Gasteiger partial charge is 0.331 e. The average Bonchev–Trinajstić information content (AvgIpc) is 3.07. The third kappa shape index (κ3) is 6.77. The van der Waals surface area contributed by atoms with Crippen LogP contribution in [0.4, 0.5) is 5.69 Å². The fourth-order valence-corrected chi connectivity index (χ4v) is 4.97. The zero-order valence-corrected chi connectivity index (χ0v) is 18.9. The Labute approximate surface area is 189 Å². The molecule has 8 heteroatoms. The Morgan fingerprint density at radius 1 is 1.03 bits per heavy atom. The van der Waals surface area contributed by atoms with Crippen molar-refractivity contribution < 1.29 is 22.7 Å². The molecule has 0 aliphatic carbocycles. The quantitative estimate of drug-likeness (QED) is 0.506. The normalized spacial score (nSPS) is 15.3. The topological polar surface area (TPSA) is 92.8 Å². The Hall–Kier alpha value is -2.97. The molecule has 0 radical (unpaired) electrons. The van der Waals surface area contributed by atoms with Gasteiger partial charge in [0.1, 0.15) is 0 Å². The van der Waals surface area contributed by atoms with Gasteiger partial charge in [-0.2, -0.15) is 4.31 Å². The van der Waals surface area contributed by atoms with Gasteiger partial charge in [-0.15, -0.1) is 0 Å². The lowest BCUT2D eigenvalue weighted by Crippen LogP contribution is -2.31. The number of carbonyl (C=O) groups is 2. The molecule has 7 nitrogen and oxygen atoms in total. The number of esters is 1. The van der Waals surface area contributed by atoms with Gasteiger partial charge in [0.15, 0.2) is 6.61 Å². The Morgan fingerprint density at radius 2 is 1.72 bits per heavy atom. The van der Waals surface area contributed by atoms with Crippen molar-refractivity contribution in [2.45, 2.75) is 37.5 Å². The molecule has 0 saturated carbocycles. The lowest BCUT2D eigenvalue weighted by atomic mass is 10.2. The third-order valence-electron chi connectivity index (χ3n) is 5.14. The predicted octanol–water partition coefficient (Wildman–Crippen LogP) is 3.75. The van der Waals surface area contributed by atoms with Crippen molar-refractivity contribution >= 4 is 33.7 Å². The molecule has 0 spiro atoms. The Kier molecular flexibility index (Phi) is 8.19. The van der Waals surface area contributed by atoms with Crippen molar-refractivity contribution in [1.82, 2.24) is 4.31 Å². The number of nitrogens with zero attached hydrogens (tertiary/aromatic N) is 1. The standard InChI is InChI=1S/C24H28N2O5S/c1-19-7-6-8-21(17-19)25-23(27)18-31-24(28)14-11-20-9-12-22(13-10-20)32(29,30)26-15-4-2-3-5-16-26/h6-14,17H,2-5,15-16,18H2,1H3,(H,25,27). The van der Waals surface area contributed by atoms with E-state index in [1.807, 2.05) is 25.1 Å². The number of aryl methyl sites for hydroxylation is 1. The van der Waals surface area contributed by atoms with E-state index in [2.05, 4.69) is 5.32 Å². The van der Waals surface area contributed by atoms with Crippen molar-refractivity contribution in [2.24, 2.45) is 0 Å². The van der Waals surface area contributed by atoms with Gasteiger partial charge in [-0.3, -0.25) is 4.79 Å². The first-order valence-corrected chi connectivity index (χ1v) is 12.1. The molecule has 1 amide bonds. The maximum Gasteiger partial charge on any atom is 0.331 e. The number of benzene rings is 2. The molecule has 1 aliphatic heterocycles. The summed E-state index contributed by atoms with van der Waals surface area (Å²) in [5.74, 6) is -1.09. The van der Waals surface area contributed by atoms with E-state index in [4.69, 9.17) is 4.74 Å². The number of sulfonamides is 1. The predicted molar refractivity (Wildman–Crippen MR) is 123 cm³/mol. The number of rotatable bonds is 7. The zero-order valence-electron chi connectivity index (χ0n) is 18.1. The molecule has 1 aliphatic rings. The van der Waals surface area contributed by atoms with Crippen LogP contribution >= 0.6 is 0 Å². The van der Waals surface area contributed by atoms with Crippen LogP contribution in [0.1, 0.15) is 36.8 Å². The van der Waals surface area contributed by atoms with Crippen LogP contribution in [0.25, 0.3) is 6.08 Å². The average molecular weight is 457 g/mol. The van der Waals surface area contributed by atoms with Crippen LogP contribution in [-0.2, 0) is 24.3 Å². The number of ether oxygens (including phenoxy) is 1. The number of carbonyl (C=O) groups excluding carboxylic acids is 2. The minimum absolute atomic E-state index is 0.243. The summed E-state index contributed by atoms with van der Waals surface area (Å²) in [5.41, 5.74) is 2.30. The van der Waals surface area contributed by atoms with Crippen LogP contribution in [-0.4, -0.2) is 44.3 Å². The second kappa shape index (κ2) is 11.1. The fraction of sp³-hybridized carbons (Fsp3) is 0.333. The number of anilines is 1. The van der Waals surface area contributed by atoms with Crippen LogP contribution in [0.15, 0.2) is 59.5 Å². The highest BCUT2D eigenvalue weighted by Gasteiger charge is 2.24. The van der Waals surface area contributed by atoms with Crippen LogP contribution in [0.2, 0.25) is 0 Å². The van der Waals surface area contributed by atoms with Crippen molar-refractivity contribution in [3.63, 3.8) is 0 Å². The summed E-state index contributed by atoms with van der Waals surface area (Å²) in [4.78, 5) is 24.1. The van der Waals surface area contributed by atoms with Crippen LogP contribution in [0.5, 0.6) is 0 Å². The van der Waals surface area contributed by atoms with Gasteiger partial charge in [0.25, 0.3) is 5.91 Å². The first-order chi connectivity index (χ1) is 15.3. The summed E-state index contributed by atoms with van der Waals surface area (Å²) in [5, 5.41) is 2.66. The SMILES string of the molecule is Cc1cccc(NC(=O)COC(=O)C=Cc2ccc(S(=O)(=O)N3CCCCCC3)cc2)c1. The van der Waals surface area contributed by atoms with Gasteiger partial charge in [0.2, 0.25) is 10.0 Å². The van der Waals surface area contributed by atoms with Crippen molar-refractivity contribution in [3.8, 4) is 0 Å². The van der Waals surface area contributed by atoms with Crippen molar-refractivity contribution in [3.05, 3.63) is 65.7 Å². The maximum atomic E-state index is 12.8. The second-order valence-electron chi connectivity index (χ2n) is 7.75. The van der Waals surface area contributed by atoms with E-state index >= 15 is 0 Å². The summed E-state index contributed by atoms with van der Waals surface area (Å²) >= 11 is 0. The van der Waals surface area contributed by atoms with Crippen LogP contribution in [0.3, 0.4) is 0 Å². The van der Waals surface area contributed by atoms with Gasteiger partial charge < -0.3 is 10.1 Å². The summed E-state index contributed by atoms with van der Waals surface area (Å²) in [6.07, 6.45) is 6.59. The molecule has 0 aromatic heterocycles. The second-order valence-corrected chi connectivity index (χ2v) is 9.68. The summed E-state index contributed by atoms with van der Waals surface area (Å²) in [6.45, 7) is 2.61. The minimum atomic E-state index is -3.51. The number of amides is 1.